The third-order valence-electron chi connectivity index (χ3n) is 5.57. The van der Waals surface area contributed by atoms with E-state index in [4.69, 9.17) is 11.6 Å². The fourth-order valence-electron chi connectivity index (χ4n) is 3.86. The topological polar surface area (TPSA) is 68.3 Å². The van der Waals surface area contributed by atoms with Gasteiger partial charge in [0.05, 0.1) is 17.6 Å². The average Bonchev–Trinajstić information content (AvgIpc) is 3.08. The third kappa shape index (κ3) is 4.34. The number of aromatic nitrogens is 2. The summed E-state index contributed by atoms with van der Waals surface area (Å²) < 4.78 is 1.86. The number of imidazole rings is 1. The maximum absolute atomic E-state index is 10.7. The van der Waals surface area contributed by atoms with E-state index in [-0.39, 0.29) is 11.3 Å². The predicted octanol–water partition coefficient (Wildman–Crippen LogP) is 3.84. The highest BCUT2D eigenvalue weighted by Gasteiger charge is 2.21. The molecule has 30 heavy (non-hydrogen) atoms. The van der Waals surface area contributed by atoms with Crippen molar-refractivity contribution in [1.82, 2.24) is 19.4 Å². The summed E-state index contributed by atoms with van der Waals surface area (Å²) in [7, 11) is 1.87. The Morgan fingerprint density at radius 1 is 1.07 bits per heavy atom. The molecule has 7 heteroatoms. The molecule has 1 aliphatic heterocycles. The van der Waals surface area contributed by atoms with Crippen LogP contribution < -0.4 is 0 Å². The SMILES string of the molecule is Cn1c(/C(C#N)=C(\O)CN2CCN(Cc3ccc(Cl)cc3)CC2)nc2ccccc21. The van der Waals surface area contributed by atoms with Gasteiger partial charge in [0, 0.05) is 44.8 Å². The number of nitriles is 1. The second kappa shape index (κ2) is 8.88. The van der Waals surface area contributed by atoms with Crippen molar-refractivity contribution in [3.05, 3.63) is 70.7 Å². The second-order valence-corrected chi connectivity index (χ2v) is 8.03. The number of piperazine rings is 1. The van der Waals surface area contributed by atoms with E-state index in [1.807, 2.05) is 48.0 Å². The number of aliphatic hydroxyl groups excluding tert-OH is 1. The highest BCUT2D eigenvalue weighted by molar-refractivity contribution is 6.30. The molecule has 0 spiro atoms. The molecule has 6 nitrogen and oxygen atoms in total. The lowest BCUT2D eigenvalue weighted by molar-refractivity contribution is 0.125. The van der Waals surface area contributed by atoms with Crippen LogP contribution in [0.4, 0.5) is 0 Å². The van der Waals surface area contributed by atoms with Gasteiger partial charge in [0.15, 0.2) is 5.82 Å². The number of benzene rings is 2. The molecular weight excluding hydrogens is 398 g/mol. The fourth-order valence-corrected chi connectivity index (χ4v) is 3.98. The number of rotatable bonds is 5. The Balaban J connectivity index is 1.42. The highest BCUT2D eigenvalue weighted by atomic mass is 35.5. The Kier molecular flexibility index (Phi) is 6.05. The maximum atomic E-state index is 10.7. The van der Waals surface area contributed by atoms with Gasteiger partial charge in [-0.2, -0.15) is 5.26 Å². The van der Waals surface area contributed by atoms with E-state index in [1.165, 1.54) is 5.56 Å². The summed E-state index contributed by atoms with van der Waals surface area (Å²) in [5, 5.41) is 21.2. The first-order chi connectivity index (χ1) is 14.5. The van der Waals surface area contributed by atoms with E-state index in [1.54, 1.807) is 0 Å². The van der Waals surface area contributed by atoms with Crippen LogP contribution in [0.15, 0.2) is 54.3 Å². The number of nitrogens with zero attached hydrogens (tertiary/aromatic N) is 5. The lowest BCUT2D eigenvalue weighted by atomic mass is 10.2. The van der Waals surface area contributed by atoms with Gasteiger partial charge in [-0.15, -0.1) is 0 Å². The average molecular weight is 422 g/mol. The molecule has 1 N–H and O–H groups in total. The molecule has 0 aliphatic carbocycles. The minimum Gasteiger partial charge on any atom is -0.509 e. The molecule has 3 aromatic rings. The number of hydrogen-bond donors (Lipinski definition) is 1. The first-order valence-corrected chi connectivity index (χ1v) is 10.4. The predicted molar refractivity (Wildman–Crippen MR) is 119 cm³/mol. The number of para-hydroxylation sites is 2. The summed E-state index contributed by atoms with van der Waals surface area (Å²) in [6, 6.07) is 17.8. The van der Waals surface area contributed by atoms with Crippen molar-refractivity contribution in [2.24, 2.45) is 7.05 Å². The van der Waals surface area contributed by atoms with Crippen LogP contribution in [-0.4, -0.2) is 57.2 Å². The second-order valence-electron chi connectivity index (χ2n) is 7.60. The van der Waals surface area contributed by atoms with Crippen molar-refractivity contribution in [3.63, 3.8) is 0 Å². The first-order valence-electron chi connectivity index (χ1n) is 9.98. The highest BCUT2D eigenvalue weighted by Crippen LogP contribution is 2.22. The molecular formula is C23H24ClN5O. The lowest BCUT2D eigenvalue weighted by Crippen LogP contribution is -2.46. The first kappa shape index (κ1) is 20.4. The molecule has 4 rings (SSSR count). The van der Waals surface area contributed by atoms with Crippen LogP contribution in [0, 0.1) is 11.3 Å². The molecule has 1 fully saturated rings. The third-order valence-corrected chi connectivity index (χ3v) is 5.82. The normalized spacial score (nSPS) is 16.4. The van der Waals surface area contributed by atoms with Gasteiger partial charge in [0.1, 0.15) is 17.4 Å². The summed E-state index contributed by atoms with van der Waals surface area (Å²) in [6.45, 7) is 4.71. The molecule has 0 amide bonds. The van der Waals surface area contributed by atoms with Crippen LogP contribution >= 0.6 is 11.6 Å². The van der Waals surface area contributed by atoms with Gasteiger partial charge < -0.3 is 9.67 Å². The van der Waals surface area contributed by atoms with Crippen molar-refractivity contribution >= 4 is 28.2 Å². The number of allylic oxidation sites excluding steroid dienone is 1. The zero-order valence-corrected chi connectivity index (χ0v) is 17.7. The summed E-state index contributed by atoms with van der Waals surface area (Å²) >= 11 is 5.96. The van der Waals surface area contributed by atoms with Crippen LogP contribution in [0.2, 0.25) is 5.02 Å². The summed E-state index contributed by atoms with van der Waals surface area (Å²) in [4.78, 5) is 9.11. The van der Waals surface area contributed by atoms with Crippen molar-refractivity contribution in [2.75, 3.05) is 32.7 Å². The van der Waals surface area contributed by atoms with Crippen molar-refractivity contribution in [2.45, 2.75) is 6.54 Å². The zero-order chi connectivity index (χ0) is 21.1. The molecule has 1 saturated heterocycles. The van der Waals surface area contributed by atoms with Crippen LogP contribution in [0.3, 0.4) is 0 Å². The number of aliphatic hydroxyl groups is 1. The van der Waals surface area contributed by atoms with Crippen LogP contribution in [0.25, 0.3) is 16.6 Å². The summed E-state index contributed by atoms with van der Waals surface area (Å²) in [6.07, 6.45) is 0. The van der Waals surface area contributed by atoms with E-state index in [2.05, 4.69) is 33.0 Å². The molecule has 1 aromatic heterocycles. The Bertz CT molecular complexity index is 1100. The number of aryl methyl sites for hydroxylation is 1. The standard InChI is InChI=1S/C23H24ClN5O/c1-27-21-5-3-2-4-20(21)26-23(27)19(14-25)22(30)16-29-12-10-28(11-13-29)15-17-6-8-18(24)9-7-17/h2-9,30H,10-13,15-16H2,1H3/b22-19-. The van der Waals surface area contributed by atoms with Crippen LogP contribution in [-0.2, 0) is 13.6 Å². The van der Waals surface area contributed by atoms with Gasteiger partial charge in [-0.05, 0) is 29.8 Å². The minimum absolute atomic E-state index is 0.0713. The van der Waals surface area contributed by atoms with E-state index in [0.717, 1.165) is 48.8 Å². The Morgan fingerprint density at radius 2 is 1.73 bits per heavy atom. The van der Waals surface area contributed by atoms with E-state index in [9.17, 15) is 10.4 Å². The summed E-state index contributed by atoms with van der Waals surface area (Å²) in [5.74, 6) is 0.569. The number of fused-ring (bicyclic) bond motifs is 1. The Hall–Kier alpha value is -2.85. The lowest BCUT2D eigenvalue weighted by Gasteiger charge is -2.34. The fraction of sp³-hybridized carbons (Fsp3) is 0.304. The molecule has 2 aromatic carbocycles. The zero-order valence-electron chi connectivity index (χ0n) is 16.9. The molecule has 2 heterocycles. The Morgan fingerprint density at radius 3 is 2.40 bits per heavy atom. The van der Waals surface area contributed by atoms with Crippen molar-refractivity contribution < 1.29 is 5.11 Å². The van der Waals surface area contributed by atoms with Crippen molar-refractivity contribution in [1.29, 1.82) is 5.26 Å². The van der Waals surface area contributed by atoms with Crippen molar-refractivity contribution in [3.8, 4) is 6.07 Å². The molecule has 0 bridgehead atoms. The quantitative estimate of drug-likeness (QED) is 0.500. The van der Waals surface area contributed by atoms with Crippen LogP contribution in [0.5, 0.6) is 0 Å². The number of halogens is 1. The van der Waals surface area contributed by atoms with E-state index >= 15 is 0 Å². The molecule has 1 aliphatic rings. The molecule has 0 unspecified atom stereocenters. The van der Waals surface area contributed by atoms with Gasteiger partial charge in [-0.3, -0.25) is 9.80 Å². The van der Waals surface area contributed by atoms with Gasteiger partial charge in [0.2, 0.25) is 0 Å². The largest absolute Gasteiger partial charge is 0.509 e. The van der Waals surface area contributed by atoms with E-state index in [0.29, 0.717) is 12.4 Å². The summed E-state index contributed by atoms with van der Waals surface area (Å²) in [5.41, 5.74) is 3.22. The number of hydrogen-bond acceptors (Lipinski definition) is 5. The van der Waals surface area contributed by atoms with Gasteiger partial charge in [-0.1, -0.05) is 35.9 Å². The van der Waals surface area contributed by atoms with E-state index < -0.39 is 0 Å². The van der Waals surface area contributed by atoms with Gasteiger partial charge in [0.25, 0.3) is 0 Å². The van der Waals surface area contributed by atoms with Gasteiger partial charge in [-0.25, -0.2) is 4.98 Å². The maximum Gasteiger partial charge on any atom is 0.155 e. The van der Waals surface area contributed by atoms with Gasteiger partial charge >= 0.3 is 0 Å². The molecule has 154 valence electrons. The minimum atomic E-state index is 0.0713. The van der Waals surface area contributed by atoms with Crippen LogP contribution in [0.1, 0.15) is 11.4 Å². The molecule has 0 saturated carbocycles. The molecule has 0 atom stereocenters. The Labute approximate surface area is 181 Å². The smallest absolute Gasteiger partial charge is 0.155 e. The monoisotopic (exact) mass is 421 g/mol. The molecule has 0 radical (unpaired) electrons.